The van der Waals surface area contributed by atoms with Crippen molar-refractivity contribution in [3.8, 4) is 11.8 Å². The number of nitrogen functional groups attached to an aromatic ring is 1. The van der Waals surface area contributed by atoms with Crippen molar-refractivity contribution in [2.75, 3.05) is 12.8 Å². The number of benzene rings is 1. The molecule has 5 nitrogen and oxygen atoms in total. The van der Waals surface area contributed by atoms with Gasteiger partial charge < -0.3 is 15.0 Å². The van der Waals surface area contributed by atoms with Crippen LogP contribution in [0.5, 0.6) is 0 Å². The predicted molar refractivity (Wildman–Crippen MR) is 66.2 cm³/mol. The van der Waals surface area contributed by atoms with Gasteiger partial charge in [0.25, 0.3) is 0 Å². The van der Waals surface area contributed by atoms with E-state index in [2.05, 4.69) is 4.74 Å². The summed E-state index contributed by atoms with van der Waals surface area (Å²) in [6, 6.07) is 4.99. The first kappa shape index (κ1) is 13.5. The molecule has 1 heterocycles. The van der Waals surface area contributed by atoms with E-state index in [1.54, 1.807) is 6.07 Å². The van der Waals surface area contributed by atoms with Gasteiger partial charge >= 0.3 is 5.97 Å². The highest BCUT2D eigenvalue weighted by Gasteiger charge is 2.24. The summed E-state index contributed by atoms with van der Waals surface area (Å²) >= 11 is 0. The molecule has 0 fully saturated rings. The molecule has 1 aromatic heterocycles. The number of rotatable bonds is 2. The zero-order chi connectivity index (χ0) is 14.9. The number of nitrogens with zero attached hydrogens (tertiary/aromatic N) is 2. The van der Waals surface area contributed by atoms with Crippen molar-refractivity contribution in [2.45, 2.75) is 0 Å². The number of esters is 1. The highest BCUT2D eigenvalue weighted by Crippen LogP contribution is 2.27. The van der Waals surface area contributed by atoms with Crippen LogP contribution in [0, 0.1) is 23.0 Å². The van der Waals surface area contributed by atoms with Gasteiger partial charge in [-0.15, -0.1) is 0 Å². The van der Waals surface area contributed by atoms with Crippen LogP contribution in [0.3, 0.4) is 0 Å². The van der Waals surface area contributed by atoms with Gasteiger partial charge in [-0.25, -0.2) is 13.6 Å². The highest BCUT2D eigenvalue weighted by atomic mass is 19.1. The Morgan fingerprint density at radius 1 is 1.40 bits per heavy atom. The maximum Gasteiger partial charge on any atom is 0.357 e. The lowest BCUT2D eigenvalue weighted by Gasteiger charge is -2.10. The molecule has 0 spiro atoms. The van der Waals surface area contributed by atoms with Crippen molar-refractivity contribution in [1.82, 2.24) is 4.57 Å². The Hall–Kier alpha value is -2.88. The number of halogens is 2. The molecule has 2 aromatic rings. The first-order valence-electron chi connectivity index (χ1n) is 5.44. The number of carbonyl (C=O) groups excluding carboxylic acids is 1. The van der Waals surface area contributed by atoms with Crippen molar-refractivity contribution in [3.05, 3.63) is 47.3 Å². The van der Waals surface area contributed by atoms with Crippen LogP contribution in [0.25, 0.3) is 5.69 Å². The minimum absolute atomic E-state index is 0.0759. The largest absolute Gasteiger partial charge is 0.464 e. The van der Waals surface area contributed by atoms with Crippen LogP contribution >= 0.6 is 0 Å². The lowest BCUT2D eigenvalue weighted by atomic mass is 10.2. The Morgan fingerprint density at radius 2 is 2.00 bits per heavy atom. The summed E-state index contributed by atoms with van der Waals surface area (Å²) < 4.78 is 33.0. The number of carbonyl (C=O) groups is 1. The molecule has 0 aliphatic heterocycles. The smallest absolute Gasteiger partial charge is 0.357 e. The Labute approximate surface area is 112 Å². The van der Waals surface area contributed by atoms with Crippen LogP contribution in [-0.4, -0.2) is 17.6 Å². The van der Waals surface area contributed by atoms with Gasteiger partial charge in [-0.1, -0.05) is 6.07 Å². The summed E-state index contributed by atoms with van der Waals surface area (Å²) in [7, 11) is 1.10. The van der Waals surface area contributed by atoms with Crippen molar-refractivity contribution >= 4 is 11.7 Å². The summed E-state index contributed by atoms with van der Waals surface area (Å²) in [5, 5.41) is 8.91. The SMILES string of the molecule is COC(=O)c1c(N)c(C#N)cn1-c1c(F)cccc1F. The van der Waals surface area contributed by atoms with E-state index in [-0.39, 0.29) is 16.9 Å². The first-order valence-corrected chi connectivity index (χ1v) is 5.44. The molecule has 0 saturated carbocycles. The first-order chi connectivity index (χ1) is 9.51. The number of para-hydroxylation sites is 1. The van der Waals surface area contributed by atoms with Crippen LogP contribution in [0.2, 0.25) is 0 Å². The van der Waals surface area contributed by atoms with Crippen molar-refractivity contribution < 1.29 is 18.3 Å². The molecular weight excluding hydrogens is 268 g/mol. The van der Waals surface area contributed by atoms with E-state index in [4.69, 9.17) is 11.0 Å². The second kappa shape index (κ2) is 5.01. The molecular formula is C13H9F2N3O2. The number of hydrogen-bond donors (Lipinski definition) is 1. The predicted octanol–water partition coefficient (Wildman–Crippen LogP) is 2.00. The lowest BCUT2D eigenvalue weighted by Crippen LogP contribution is -2.13. The van der Waals surface area contributed by atoms with E-state index >= 15 is 0 Å². The van der Waals surface area contributed by atoms with Gasteiger partial charge in [0.1, 0.15) is 23.4 Å². The highest BCUT2D eigenvalue weighted by molar-refractivity contribution is 5.95. The second-order valence-corrected chi connectivity index (χ2v) is 3.85. The van der Waals surface area contributed by atoms with Gasteiger partial charge in [-0.2, -0.15) is 5.26 Å². The molecule has 0 atom stereocenters. The third-order valence-corrected chi connectivity index (χ3v) is 2.72. The fraction of sp³-hybridized carbons (Fsp3) is 0.0769. The summed E-state index contributed by atoms with van der Waals surface area (Å²) in [5.74, 6) is -2.68. The summed E-state index contributed by atoms with van der Waals surface area (Å²) in [6.45, 7) is 0. The van der Waals surface area contributed by atoms with Crippen molar-refractivity contribution in [1.29, 1.82) is 5.26 Å². The van der Waals surface area contributed by atoms with E-state index in [0.29, 0.717) is 0 Å². The quantitative estimate of drug-likeness (QED) is 0.851. The van der Waals surface area contributed by atoms with Gasteiger partial charge in [0.2, 0.25) is 0 Å². The topological polar surface area (TPSA) is 81.0 Å². The molecule has 2 N–H and O–H groups in total. The monoisotopic (exact) mass is 277 g/mol. The number of aromatic nitrogens is 1. The molecule has 0 bridgehead atoms. The molecule has 102 valence electrons. The van der Waals surface area contributed by atoms with Gasteiger partial charge in [0.05, 0.1) is 18.4 Å². The van der Waals surface area contributed by atoms with Crippen LogP contribution in [0.1, 0.15) is 16.1 Å². The van der Waals surface area contributed by atoms with Gasteiger partial charge in [-0.05, 0) is 12.1 Å². The third-order valence-electron chi connectivity index (χ3n) is 2.72. The average molecular weight is 277 g/mol. The number of hydrogen-bond acceptors (Lipinski definition) is 4. The van der Waals surface area contributed by atoms with Crippen LogP contribution in [0.15, 0.2) is 24.4 Å². The fourth-order valence-electron chi connectivity index (χ4n) is 1.81. The molecule has 2 rings (SSSR count). The molecule has 0 amide bonds. The van der Waals surface area contributed by atoms with E-state index in [1.165, 1.54) is 6.07 Å². The Balaban J connectivity index is 2.81. The maximum absolute atomic E-state index is 13.8. The minimum Gasteiger partial charge on any atom is -0.464 e. The van der Waals surface area contributed by atoms with Gasteiger partial charge in [-0.3, -0.25) is 0 Å². The standard InChI is InChI=1S/C13H9F2N3O2/c1-20-13(19)12-10(17)7(5-16)6-18(12)11-8(14)3-2-4-9(11)15/h2-4,6H,17H2,1H3. The van der Waals surface area contributed by atoms with Crippen molar-refractivity contribution in [2.24, 2.45) is 0 Å². The van der Waals surface area contributed by atoms with Gasteiger partial charge in [0, 0.05) is 6.20 Å². The zero-order valence-electron chi connectivity index (χ0n) is 10.4. The molecule has 20 heavy (non-hydrogen) atoms. The minimum atomic E-state index is -0.897. The van der Waals surface area contributed by atoms with Crippen LogP contribution in [0.4, 0.5) is 14.5 Å². The molecule has 1 aromatic carbocycles. The van der Waals surface area contributed by atoms with Gasteiger partial charge in [0.15, 0.2) is 5.69 Å². The van der Waals surface area contributed by atoms with E-state index in [9.17, 15) is 13.6 Å². The maximum atomic E-state index is 13.8. The number of anilines is 1. The molecule has 0 aliphatic carbocycles. The van der Waals surface area contributed by atoms with Crippen LogP contribution < -0.4 is 5.73 Å². The molecule has 0 saturated heterocycles. The molecule has 7 heteroatoms. The summed E-state index contributed by atoms with van der Waals surface area (Å²) in [5.41, 5.74) is 4.57. The Bertz CT molecular complexity index is 712. The average Bonchev–Trinajstić information content (AvgIpc) is 2.74. The van der Waals surface area contributed by atoms with E-state index in [0.717, 1.165) is 30.0 Å². The fourth-order valence-corrected chi connectivity index (χ4v) is 1.81. The van der Waals surface area contributed by atoms with Crippen molar-refractivity contribution in [3.63, 3.8) is 0 Å². The Kier molecular flexibility index (Phi) is 3.39. The summed E-state index contributed by atoms with van der Waals surface area (Å²) in [4.78, 5) is 11.7. The second-order valence-electron chi connectivity index (χ2n) is 3.85. The number of nitriles is 1. The molecule has 0 aliphatic rings. The van der Waals surface area contributed by atoms with E-state index in [1.807, 2.05) is 0 Å². The number of methoxy groups -OCH3 is 1. The number of nitrogens with two attached hydrogens (primary N) is 1. The molecule has 0 unspecified atom stereocenters. The van der Waals surface area contributed by atoms with E-state index < -0.39 is 23.3 Å². The Morgan fingerprint density at radius 3 is 2.50 bits per heavy atom. The zero-order valence-corrected chi connectivity index (χ0v) is 10.4. The van der Waals surface area contributed by atoms with Crippen LogP contribution in [-0.2, 0) is 4.74 Å². The third kappa shape index (κ3) is 1.97. The normalized spacial score (nSPS) is 10.1. The summed E-state index contributed by atoms with van der Waals surface area (Å²) in [6.07, 6.45) is 1.09. The lowest BCUT2D eigenvalue weighted by molar-refractivity contribution is 0.0593. The molecule has 0 radical (unpaired) electrons. The number of ether oxygens (including phenoxy) is 1.